The van der Waals surface area contributed by atoms with Crippen LogP contribution in [0.4, 0.5) is 51.8 Å². The number of rotatable bonds is 0. The van der Waals surface area contributed by atoms with Gasteiger partial charge in [0.2, 0.25) is 0 Å². The zero-order valence-electron chi connectivity index (χ0n) is 10.3. The second-order valence-corrected chi connectivity index (χ2v) is 2.06. The second kappa shape index (κ2) is 16.1. The van der Waals surface area contributed by atoms with Crippen LogP contribution in [0.3, 0.4) is 0 Å². The number of hydrogen-bond acceptors (Lipinski definition) is 0. The van der Waals surface area contributed by atoms with Crippen molar-refractivity contribution in [1.82, 2.24) is 0 Å². The zero-order valence-corrected chi connectivity index (χ0v) is 13.5. The van der Waals surface area contributed by atoms with Crippen LogP contribution in [0.5, 0.6) is 0 Å². The van der Waals surface area contributed by atoms with Gasteiger partial charge in [-0.25, -0.2) is 0 Å². The molecule has 0 spiro atoms. The van der Waals surface area contributed by atoms with Gasteiger partial charge in [-0.05, 0) is 0 Å². The van der Waals surface area contributed by atoms with Crippen LogP contribution in [0.2, 0.25) is 0 Å². The first-order valence-electron chi connectivity index (χ1n) is 3.98. The maximum Gasteiger partial charge on any atom is 1.00 e. The Labute approximate surface area is 150 Å². The van der Waals surface area contributed by atoms with Gasteiger partial charge in [0.05, 0.1) is 0 Å². The second-order valence-electron chi connectivity index (χ2n) is 2.06. The van der Waals surface area contributed by atoms with Crippen molar-refractivity contribution in [2.24, 2.45) is 0 Å². The smallest absolute Gasteiger partial charge is 0.504 e. The predicted octanol–water partition coefficient (Wildman–Crippen LogP) is 2.29. The molecule has 0 aromatic carbocycles. The van der Waals surface area contributed by atoms with Crippen LogP contribution >= 0.6 is 0 Å². The van der Waals surface area contributed by atoms with Crippen molar-refractivity contribution in [2.75, 3.05) is 0 Å². The molecule has 20 heavy (non-hydrogen) atoms. The Hall–Kier alpha value is 0.731. The topological polar surface area (TPSA) is 0 Å². The molecule has 0 amide bonds. The molecule has 0 heterocycles. The van der Waals surface area contributed by atoms with Gasteiger partial charge in [-0.1, -0.05) is 6.92 Å². The minimum atomic E-state index is -6.00. The van der Waals surface area contributed by atoms with Crippen LogP contribution in [0.15, 0.2) is 6.08 Å². The Kier molecular flexibility index (Phi) is 26.3. The first kappa shape index (κ1) is 32.6. The molecule has 0 atom stereocenters. The Bertz CT molecular complexity index is 156. The van der Waals surface area contributed by atoms with E-state index in [0.717, 1.165) is 0 Å². The SMILES string of the molecule is C[C-]=CC.F[B-](F)(F)F.F[B-](F)(F)F.F[B-](F)(F)F.[K+]. The van der Waals surface area contributed by atoms with Gasteiger partial charge in [0, 0.05) is 0 Å². The van der Waals surface area contributed by atoms with Crippen LogP contribution < -0.4 is 51.4 Å². The third-order valence-corrected chi connectivity index (χ3v) is 0.289. The summed E-state index contributed by atoms with van der Waals surface area (Å²) in [5.74, 6) is 0. The summed E-state index contributed by atoms with van der Waals surface area (Å²) in [4.78, 5) is 0. The minimum absolute atomic E-state index is 0. The molecule has 0 aliphatic carbocycles. The van der Waals surface area contributed by atoms with Crippen molar-refractivity contribution in [3.63, 3.8) is 0 Å². The summed E-state index contributed by atoms with van der Waals surface area (Å²) in [6, 6.07) is 0. The molecule has 0 nitrogen and oxygen atoms in total. The average Bonchev–Trinajstić information content (AvgIpc) is 1.93. The van der Waals surface area contributed by atoms with E-state index in [-0.39, 0.29) is 51.4 Å². The van der Waals surface area contributed by atoms with Crippen LogP contribution in [0.1, 0.15) is 13.8 Å². The van der Waals surface area contributed by atoms with Gasteiger partial charge in [-0.2, -0.15) is 6.92 Å². The molecule has 0 bridgehead atoms. The molecule has 16 heteroatoms. The molecule has 0 aromatic rings. The average molecular weight is 355 g/mol. The van der Waals surface area contributed by atoms with Gasteiger partial charge in [-0.15, -0.1) is 0 Å². The molecule has 0 N–H and O–H groups in total. The molecule has 120 valence electrons. The maximum absolute atomic E-state index is 9.75. The van der Waals surface area contributed by atoms with E-state index in [1.165, 1.54) is 0 Å². The summed E-state index contributed by atoms with van der Waals surface area (Å²) < 4.78 is 117. The van der Waals surface area contributed by atoms with Gasteiger partial charge in [0.25, 0.3) is 0 Å². The monoisotopic (exact) mass is 355 g/mol. The van der Waals surface area contributed by atoms with E-state index in [4.69, 9.17) is 0 Å². The van der Waals surface area contributed by atoms with Crippen LogP contribution in [-0.2, 0) is 0 Å². The van der Waals surface area contributed by atoms with Crippen LogP contribution in [-0.4, -0.2) is 21.8 Å². The summed E-state index contributed by atoms with van der Waals surface area (Å²) in [7, 11) is -18.0. The summed E-state index contributed by atoms with van der Waals surface area (Å²) in [6.45, 7) is 3.82. The summed E-state index contributed by atoms with van der Waals surface area (Å²) in [5, 5.41) is 0. The van der Waals surface area contributed by atoms with E-state index in [2.05, 4.69) is 6.08 Å². The first-order valence-corrected chi connectivity index (χ1v) is 3.98. The maximum atomic E-state index is 9.75. The Morgan fingerprint density at radius 1 is 0.600 bits per heavy atom. The fraction of sp³-hybridized carbons (Fsp3) is 0.500. The van der Waals surface area contributed by atoms with Crippen LogP contribution in [0, 0.1) is 6.08 Å². The van der Waals surface area contributed by atoms with Crippen LogP contribution in [0.25, 0.3) is 0 Å². The molecule has 0 aliphatic rings. The standard InChI is InChI=1S/C4H7.3BF4.K/c1-3-4-2;3*2-1(3,4)5;/h3H,1-2H3;;;;/q4*-1;+1. The fourth-order valence-corrected chi connectivity index (χ4v) is 0. The predicted molar refractivity (Wildman–Crippen MR) is 49.7 cm³/mol. The van der Waals surface area contributed by atoms with E-state index in [1.807, 2.05) is 19.9 Å². The molecule has 0 rings (SSSR count). The Balaban J connectivity index is -0.0000000494. The van der Waals surface area contributed by atoms with Crippen molar-refractivity contribution in [1.29, 1.82) is 0 Å². The molecular formula is C4H7B3F12K-3. The first-order chi connectivity index (χ1) is 7.91. The fourth-order valence-electron chi connectivity index (χ4n) is 0. The summed E-state index contributed by atoms with van der Waals surface area (Å²) in [5.41, 5.74) is 0. The van der Waals surface area contributed by atoms with E-state index in [9.17, 15) is 51.8 Å². The molecule has 0 aromatic heterocycles. The van der Waals surface area contributed by atoms with E-state index >= 15 is 0 Å². The van der Waals surface area contributed by atoms with Gasteiger partial charge in [0.15, 0.2) is 0 Å². The number of hydrogen-bond donors (Lipinski definition) is 0. The quantitative estimate of drug-likeness (QED) is 0.356. The Morgan fingerprint density at radius 2 is 0.650 bits per heavy atom. The van der Waals surface area contributed by atoms with Crippen molar-refractivity contribution >= 4 is 21.8 Å². The van der Waals surface area contributed by atoms with E-state index < -0.39 is 21.8 Å². The van der Waals surface area contributed by atoms with Crippen molar-refractivity contribution < 1.29 is 103 Å². The molecule has 0 saturated carbocycles. The summed E-state index contributed by atoms with van der Waals surface area (Å²) in [6.07, 6.45) is 4.68. The van der Waals surface area contributed by atoms with Gasteiger partial charge >= 0.3 is 73.1 Å². The molecule has 0 fully saturated rings. The summed E-state index contributed by atoms with van der Waals surface area (Å²) >= 11 is 0. The zero-order chi connectivity index (χ0) is 16.9. The van der Waals surface area contributed by atoms with E-state index in [0.29, 0.717) is 0 Å². The third-order valence-electron chi connectivity index (χ3n) is 0.289. The third kappa shape index (κ3) is 1960. The van der Waals surface area contributed by atoms with Crippen molar-refractivity contribution in [3.05, 3.63) is 12.2 Å². The Morgan fingerprint density at radius 3 is 0.650 bits per heavy atom. The molecule has 0 aliphatic heterocycles. The number of allylic oxidation sites excluding steroid dienone is 2. The molecule has 0 radical (unpaired) electrons. The molecular weight excluding hydrogens is 348 g/mol. The number of halogens is 12. The van der Waals surface area contributed by atoms with Crippen molar-refractivity contribution in [3.8, 4) is 0 Å². The van der Waals surface area contributed by atoms with Gasteiger partial charge < -0.3 is 57.9 Å². The van der Waals surface area contributed by atoms with Crippen molar-refractivity contribution in [2.45, 2.75) is 13.8 Å². The normalized spacial score (nSPS) is 10.9. The van der Waals surface area contributed by atoms with Gasteiger partial charge in [0.1, 0.15) is 0 Å². The van der Waals surface area contributed by atoms with Gasteiger partial charge in [-0.3, -0.25) is 6.08 Å². The van der Waals surface area contributed by atoms with E-state index in [1.54, 1.807) is 0 Å². The minimum Gasteiger partial charge on any atom is -0.504 e. The largest absolute Gasteiger partial charge is 1.00 e. The molecule has 0 unspecified atom stereocenters. The molecule has 0 saturated heterocycles.